The second-order valence-electron chi connectivity index (χ2n) is 5.52. The van der Waals surface area contributed by atoms with Gasteiger partial charge in [-0.2, -0.15) is 0 Å². The first kappa shape index (κ1) is 13.0. The molecule has 20 heavy (non-hydrogen) atoms. The number of fused-ring (bicyclic) bond motifs is 1. The van der Waals surface area contributed by atoms with Crippen molar-refractivity contribution >= 4 is 11.3 Å². The average molecular weight is 267 g/mol. The Morgan fingerprint density at radius 1 is 1.25 bits per heavy atom. The fourth-order valence-electron chi connectivity index (χ4n) is 2.86. The first-order valence-electron chi connectivity index (χ1n) is 7.25. The van der Waals surface area contributed by atoms with E-state index < -0.39 is 0 Å². The van der Waals surface area contributed by atoms with Gasteiger partial charge >= 0.3 is 0 Å². The molecule has 3 heterocycles. The van der Waals surface area contributed by atoms with E-state index in [1.54, 1.807) is 0 Å². The molecule has 0 unspecified atom stereocenters. The Morgan fingerprint density at radius 3 is 2.75 bits per heavy atom. The predicted octanol–water partition coefficient (Wildman–Crippen LogP) is 3.71. The van der Waals surface area contributed by atoms with Gasteiger partial charge < -0.3 is 10.2 Å². The molecule has 0 aliphatic carbocycles. The number of hydrogen-bond acceptors (Lipinski definition) is 3. The molecule has 0 saturated carbocycles. The van der Waals surface area contributed by atoms with Gasteiger partial charge in [0, 0.05) is 41.8 Å². The van der Waals surface area contributed by atoms with Crippen molar-refractivity contribution < 1.29 is 0 Å². The summed E-state index contributed by atoms with van der Waals surface area (Å²) in [5.41, 5.74) is 6.10. The molecule has 0 radical (unpaired) electrons. The number of anilines is 1. The molecule has 0 bridgehead atoms. The lowest BCUT2D eigenvalue weighted by molar-refractivity contribution is 0.292. The average Bonchev–Trinajstić information content (AvgIpc) is 2.48. The SMILES string of the molecule is C=C1C(C(=C)N2CCCCC2)=CNc2ccc(C)nc21. The van der Waals surface area contributed by atoms with Gasteiger partial charge in [0.15, 0.2) is 0 Å². The molecular weight excluding hydrogens is 246 g/mol. The maximum absolute atomic E-state index is 4.61. The molecule has 1 aromatic rings. The van der Waals surface area contributed by atoms with Gasteiger partial charge in [0.2, 0.25) is 0 Å². The van der Waals surface area contributed by atoms with Gasteiger partial charge in [0.25, 0.3) is 0 Å². The number of aromatic nitrogens is 1. The summed E-state index contributed by atoms with van der Waals surface area (Å²) >= 11 is 0. The molecular formula is C17H21N3. The molecule has 0 atom stereocenters. The van der Waals surface area contributed by atoms with Gasteiger partial charge in [-0.3, -0.25) is 4.98 Å². The highest BCUT2D eigenvalue weighted by Crippen LogP contribution is 2.35. The summed E-state index contributed by atoms with van der Waals surface area (Å²) in [6, 6.07) is 4.07. The Labute approximate surface area is 120 Å². The number of hydrogen-bond donors (Lipinski definition) is 1. The molecule has 1 N–H and O–H groups in total. The normalized spacial score (nSPS) is 18.1. The van der Waals surface area contributed by atoms with E-state index in [-0.39, 0.29) is 0 Å². The van der Waals surface area contributed by atoms with Crippen LogP contribution in [-0.4, -0.2) is 23.0 Å². The van der Waals surface area contributed by atoms with Crippen molar-refractivity contribution in [3.63, 3.8) is 0 Å². The van der Waals surface area contributed by atoms with Crippen molar-refractivity contribution in [1.29, 1.82) is 0 Å². The van der Waals surface area contributed by atoms with Gasteiger partial charge in [0.05, 0.1) is 11.4 Å². The highest BCUT2D eigenvalue weighted by molar-refractivity contribution is 5.89. The summed E-state index contributed by atoms with van der Waals surface area (Å²) in [6.07, 6.45) is 5.84. The molecule has 3 heteroatoms. The number of piperidine rings is 1. The zero-order chi connectivity index (χ0) is 14.1. The quantitative estimate of drug-likeness (QED) is 0.885. The third-order valence-electron chi connectivity index (χ3n) is 4.07. The van der Waals surface area contributed by atoms with E-state index in [4.69, 9.17) is 0 Å². The molecule has 1 saturated heterocycles. The van der Waals surface area contributed by atoms with Crippen molar-refractivity contribution in [2.75, 3.05) is 18.4 Å². The maximum Gasteiger partial charge on any atom is 0.0941 e. The second-order valence-corrected chi connectivity index (χ2v) is 5.52. The smallest absolute Gasteiger partial charge is 0.0941 e. The van der Waals surface area contributed by atoms with E-state index in [1.807, 2.05) is 19.2 Å². The van der Waals surface area contributed by atoms with Gasteiger partial charge in [-0.15, -0.1) is 0 Å². The molecule has 3 nitrogen and oxygen atoms in total. The number of rotatable bonds is 2. The van der Waals surface area contributed by atoms with E-state index in [1.165, 1.54) is 19.3 Å². The van der Waals surface area contributed by atoms with Crippen molar-refractivity contribution in [3.05, 3.63) is 54.1 Å². The van der Waals surface area contributed by atoms with Crippen LogP contribution in [0.25, 0.3) is 5.57 Å². The van der Waals surface area contributed by atoms with Crippen LogP contribution in [0, 0.1) is 6.92 Å². The minimum absolute atomic E-state index is 0.945. The molecule has 1 fully saturated rings. The first-order chi connectivity index (χ1) is 9.66. The number of nitrogens with zero attached hydrogens (tertiary/aromatic N) is 2. The minimum atomic E-state index is 0.945. The number of pyridine rings is 1. The second kappa shape index (κ2) is 5.16. The fraction of sp³-hybridized carbons (Fsp3) is 0.353. The summed E-state index contributed by atoms with van der Waals surface area (Å²) < 4.78 is 0. The topological polar surface area (TPSA) is 28.2 Å². The lowest BCUT2D eigenvalue weighted by atomic mass is 9.96. The largest absolute Gasteiger partial charge is 0.371 e. The van der Waals surface area contributed by atoms with Crippen molar-refractivity contribution in [3.8, 4) is 0 Å². The molecule has 0 spiro atoms. The molecule has 3 rings (SSSR count). The number of aryl methyl sites for hydroxylation is 1. The van der Waals surface area contributed by atoms with Crippen LogP contribution in [0.5, 0.6) is 0 Å². The Kier molecular flexibility index (Phi) is 3.35. The van der Waals surface area contributed by atoms with Crippen LogP contribution in [0.4, 0.5) is 5.69 Å². The van der Waals surface area contributed by atoms with Crippen LogP contribution >= 0.6 is 0 Å². The standard InChI is InChI=1S/C17H21N3/c1-12-7-8-16-17(19-12)13(2)15(11-18-16)14(3)20-9-5-4-6-10-20/h7-8,11,18H,2-6,9-10H2,1H3. The zero-order valence-electron chi connectivity index (χ0n) is 12.1. The van der Waals surface area contributed by atoms with Crippen LogP contribution in [0.15, 0.2) is 42.8 Å². The Hall–Kier alpha value is -2.03. The monoisotopic (exact) mass is 267 g/mol. The highest BCUT2D eigenvalue weighted by atomic mass is 15.1. The lowest BCUT2D eigenvalue weighted by Crippen LogP contribution is -2.30. The zero-order valence-corrected chi connectivity index (χ0v) is 12.1. The van der Waals surface area contributed by atoms with E-state index in [0.29, 0.717) is 0 Å². The Morgan fingerprint density at radius 2 is 2.00 bits per heavy atom. The number of likely N-dealkylation sites (tertiary alicyclic amines) is 1. The highest BCUT2D eigenvalue weighted by Gasteiger charge is 2.22. The van der Waals surface area contributed by atoms with Crippen LogP contribution in [-0.2, 0) is 0 Å². The van der Waals surface area contributed by atoms with Crippen molar-refractivity contribution in [2.24, 2.45) is 0 Å². The fourth-order valence-corrected chi connectivity index (χ4v) is 2.86. The van der Waals surface area contributed by atoms with Gasteiger partial charge in [-0.1, -0.05) is 13.2 Å². The third-order valence-corrected chi connectivity index (χ3v) is 4.07. The first-order valence-corrected chi connectivity index (χ1v) is 7.25. The Balaban J connectivity index is 1.87. The molecule has 2 aliphatic heterocycles. The van der Waals surface area contributed by atoms with E-state index in [9.17, 15) is 0 Å². The van der Waals surface area contributed by atoms with Crippen LogP contribution in [0.2, 0.25) is 0 Å². The van der Waals surface area contributed by atoms with E-state index in [2.05, 4.69) is 34.4 Å². The molecule has 1 aromatic heterocycles. The van der Waals surface area contributed by atoms with Crippen LogP contribution in [0.1, 0.15) is 30.7 Å². The summed E-state index contributed by atoms with van der Waals surface area (Å²) in [6.45, 7) is 12.7. The van der Waals surface area contributed by atoms with Crippen molar-refractivity contribution in [2.45, 2.75) is 26.2 Å². The maximum atomic E-state index is 4.61. The molecule has 104 valence electrons. The van der Waals surface area contributed by atoms with Gasteiger partial charge in [0.1, 0.15) is 0 Å². The van der Waals surface area contributed by atoms with Crippen LogP contribution < -0.4 is 5.32 Å². The summed E-state index contributed by atoms with van der Waals surface area (Å²) in [5.74, 6) is 0. The summed E-state index contributed by atoms with van der Waals surface area (Å²) in [7, 11) is 0. The number of nitrogens with one attached hydrogen (secondary N) is 1. The van der Waals surface area contributed by atoms with Crippen molar-refractivity contribution in [1.82, 2.24) is 9.88 Å². The third kappa shape index (κ3) is 2.24. The molecule has 0 aromatic carbocycles. The number of allylic oxidation sites excluding steroid dienone is 1. The van der Waals surface area contributed by atoms with Gasteiger partial charge in [-0.25, -0.2) is 0 Å². The molecule has 2 aliphatic rings. The minimum Gasteiger partial charge on any atom is -0.371 e. The predicted molar refractivity (Wildman–Crippen MR) is 84.3 cm³/mol. The molecule has 0 amide bonds. The van der Waals surface area contributed by atoms with Gasteiger partial charge in [-0.05, 0) is 38.3 Å². The summed E-state index contributed by atoms with van der Waals surface area (Å²) in [4.78, 5) is 6.97. The van der Waals surface area contributed by atoms with E-state index >= 15 is 0 Å². The lowest BCUT2D eigenvalue weighted by Gasteiger charge is -2.33. The van der Waals surface area contributed by atoms with Crippen LogP contribution in [0.3, 0.4) is 0 Å². The van der Waals surface area contributed by atoms with E-state index in [0.717, 1.165) is 47.0 Å². The Bertz CT molecular complexity index is 592. The summed E-state index contributed by atoms with van der Waals surface area (Å²) in [5, 5.41) is 3.32.